The second-order valence-electron chi connectivity index (χ2n) is 4.87. The summed E-state index contributed by atoms with van der Waals surface area (Å²) in [6, 6.07) is 16.8. The number of benzene rings is 2. The third-order valence-electron chi connectivity index (χ3n) is 3.25. The van der Waals surface area contributed by atoms with E-state index < -0.39 is 0 Å². The second kappa shape index (κ2) is 4.73. The van der Waals surface area contributed by atoms with Crippen molar-refractivity contribution in [3.05, 3.63) is 48.5 Å². The zero-order valence-corrected chi connectivity index (χ0v) is 10.5. The smallest absolute Gasteiger partial charge is 0.142 e. The molecule has 1 atom stereocenters. The molecule has 18 heavy (non-hydrogen) atoms. The minimum Gasteiger partial charge on any atom is -0.491 e. The van der Waals surface area contributed by atoms with Gasteiger partial charge in [0.05, 0.1) is 12.3 Å². The van der Waals surface area contributed by atoms with E-state index in [0.717, 1.165) is 24.6 Å². The first-order chi connectivity index (χ1) is 8.83. The van der Waals surface area contributed by atoms with Crippen LogP contribution in [0.15, 0.2) is 48.5 Å². The summed E-state index contributed by atoms with van der Waals surface area (Å²) in [5.41, 5.74) is 3.56. The Hall–Kier alpha value is -1.96. The highest BCUT2D eigenvalue weighted by Gasteiger charge is 2.13. The molecule has 0 spiro atoms. The molecule has 2 heteroatoms. The van der Waals surface area contributed by atoms with E-state index in [1.54, 1.807) is 0 Å². The number of rotatable bonds is 1. The van der Waals surface area contributed by atoms with E-state index in [9.17, 15) is 0 Å². The van der Waals surface area contributed by atoms with Crippen LogP contribution in [0, 0.1) is 5.92 Å². The van der Waals surface area contributed by atoms with E-state index in [0.29, 0.717) is 5.92 Å². The SMILES string of the molecule is CC1CNc2cc(-c3ccccc3)ccc2OC1. The molecule has 2 nitrogen and oxygen atoms in total. The normalized spacial score (nSPS) is 18.2. The van der Waals surface area contributed by atoms with E-state index in [1.807, 2.05) is 6.07 Å². The summed E-state index contributed by atoms with van der Waals surface area (Å²) >= 11 is 0. The van der Waals surface area contributed by atoms with Crippen LogP contribution in [0.2, 0.25) is 0 Å². The van der Waals surface area contributed by atoms with Crippen LogP contribution in [0.3, 0.4) is 0 Å². The van der Waals surface area contributed by atoms with Crippen molar-refractivity contribution in [2.75, 3.05) is 18.5 Å². The first-order valence-electron chi connectivity index (χ1n) is 6.39. The van der Waals surface area contributed by atoms with Gasteiger partial charge in [0.1, 0.15) is 5.75 Å². The van der Waals surface area contributed by atoms with Crippen LogP contribution in [-0.4, -0.2) is 13.2 Å². The van der Waals surface area contributed by atoms with Gasteiger partial charge in [0.2, 0.25) is 0 Å². The van der Waals surface area contributed by atoms with Crippen molar-refractivity contribution in [2.45, 2.75) is 6.92 Å². The van der Waals surface area contributed by atoms with E-state index in [2.05, 4.69) is 54.7 Å². The van der Waals surface area contributed by atoms with Gasteiger partial charge in [-0.15, -0.1) is 0 Å². The lowest BCUT2D eigenvalue weighted by Gasteiger charge is -2.10. The molecule has 1 unspecified atom stereocenters. The van der Waals surface area contributed by atoms with Gasteiger partial charge in [0.25, 0.3) is 0 Å². The maximum Gasteiger partial charge on any atom is 0.142 e. The van der Waals surface area contributed by atoms with Crippen molar-refractivity contribution in [1.82, 2.24) is 0 Å². The van der Waals surface area contributed by atoms with E-state index in [1.165, 1.54) is 11.1 Å². The Morgan fingerprint density at radius 2 is 1.89 bits per heavy atom. The minimum atomic E-state index is 0.539. The van der Waals surface area contributed by atoms with Crippen molar-refractivity contribution in [3.63, 3.8) is 0 Å². The molecule has 0 amide bonds. The first kappa shape index (κ1) is 11.1. The number of anilines is 1. The summed E-state index contributed by atoms with van der Waals surface area (Å²) in [5.74, 6) is 1.50. The van der Waals surface area contributed by atoms with Gasteiger partial charge in [-0.05, 0) is 23.3 Å². The highest BCUT2D eigenvalue weighted by Crippen LogP contribution is 2.32. The zero-order valence-electron chi connectivity index (χ0n) is 10.5. The highest BCUT2D eigenvalue weighted by molar-refractivity contribution is 5.72. The van der Waals surface area contributed by atoms with Crippen molar-refractivity contribution in [3.8, 4) is 16.9 Å². The van der Waals surface area contributed by atoms with Crippen LogP contribution >= 0.6 is 0 Å². The standard InChI is InChI=1S/C16H17NO/c1-12-10-17-15-9-14(7-8-16(15)18-11-12)13-5-3-2-4-6-13/h2-9,12,17H,10-11H2,1H3. The molecule has 1 aliphatic heterocycles. The molecule has 2 aromatic rings. The Morgan fingerprint density at radius 3 is 2.72 bits per heavy atom. The quantitative estimate of drug-likeness (QED) is 0.817. The number of ether oxygens (including phenoxy) is 1. The largest absolute Gasteiger partial charge is 0.491 e. The molecule has 92 valence electrons. The molecular weight excluding hydrogens is 222 g/mol. The Morgan fingerprint density at radius 1 is 1.06 bits per heavy atom. The monoisotopic (exact) mass is 239 g/mol. The number of hydrogen-bond donors (Lipinski definition) is 1. The zero-order chi connectivity index (χ0) is 12.4. The lowest BCUT2D eigenvalue weighted by atomic mass is 10.0. The maximum atomic E-state index is 5.79. The van der Waals surface area contributed by atoms with Crippen LogP contribution in [-0.2, 0) is 0 Å². The lowest BCUT2D eigenvalue weighted by Crippen LogP contribution is -2.13. The Kier molecular flexibility index (Phi) is 2.93. The van der Waals surface area contributed by atoms with Gasteiger partial charge < -0.3 is 10.1 Å². The predicted molar refractivity (Wildman–Crippen MR) is 75.0 cm³/mol. The fraction of sp³-hybridized carbons (Fsp3) is 0.250. The Balaban J connectivity index is 1.96. The van der Waals surface area contributed by atoms with E-state index >= 15 is 0 Å². The summed E-state index contributed by atoms with van der Waals surface area (Å²) < 4.78 is 5.79. The van der Waals surface area contributed by atoms with Gasteiger partial charge in [-0.1, -0.05) is 43.3 Å². The first-order valence-corrected chi connectivity index (χ1v) is 6.39. The predicted octanol–water partition coefficient (Wildman–Crippen LogP) is 3.79. The van der Waals surface area contributed by atoms with Crippen molar-refractivity contribution >= 4 is 5.69 Å². The summed E-state index contributed by atoms with van der Waals surface area (Å²) in [4.78, 5) is 0. The molecule has 3 rings (SSSR count). The minimum absolute atomic E-state index is 0.539. The van der Waals surface area contributed by atoms with Crippen LogP contribution in [0.25, 0.3) is 11.1 Å². The molecule has 2 aromatic carbocycles. The second-order valence-corrected chi connectivity index (χ2v) is 4.87. The van der Waals surface area contributed by atoms with Crippen molar-refractivity contribution in [2.24, 2.45) is 5.92 Å². The number of nitrogens with one attached hydrogen (secondary N) is 1. The average Bonchev–Trinajstić information content (AvgIpc) is 2.62. The topological polar surface area (TPSA) is 21.3 Å². The van der Waals surface area contributed by atoms with Gasteiger partial charge in [0, 0.05) is 12.5 Å². The molecule has 0 bridgehead atoms. The fourth-order valence-corrected chi connectivity index (χ4v) is 2.18. The molecule has 0 saturated heterocycles. The van der Waals surface area contributed by atoms with Crippen LogP contribution in [0.4, 0.5) is 5.69 Å². The van der Waals surface area contributed by atoms with Crippen molar-refractivity contribution in [1.29, 1.82) is 0 Å². The average molecular weight is 239 g/mol. The van der Waals surface area contributed by atoms with E-state index in [-0.39, 0.29) is 0 Å². The van der Waals surface area contributed by atoms with Crippen LogP contribution in [0.5, 0.6) is 5.75 Å². The molecular formula is C16H17NO. The highest BCUT2D eigenvalue weighted by atomic mass is 16.5. The molecule has 1 heterocycles. The van der Waals surface area contributed by atoms with Gasteiger partial charge in [-0.25, -0.2) is 0 Å². The van der Waals surface area contributed by atoms with Crippen LogP contribution < -0.4 is 10.1 Å². The Bertz CT molecular complexity index is 536. The molecule has 0 aromatic heterocycles. The molecule has 0 fully saturated rings. The third kappa shape index (κ3) is 2.19. The van der Waals surface area contributed by atoms with Gasteiger partial charge >= 0.3 is 0 Å². The van der Waals surface area contributed by atoms with Crippen LogP contribution in [0.1, 0.15) is 6.92 Å². The van der Waals surface area contributed by atoms with Crippen molar-refractivity contribution < 1.29 is 4.74 Å². The molecule has 0 aliphatic carbocycles. The number of hydrogen-bond acceptors (Lipinski definition) is 2. The number of fused-ring (bicyclic) bond motifs is 1. The third-order valence-corrected chi connectivity index (χ3v) is 3.25. The summed E-state index contributed by atoms with van der Waals surface area (Å²) in [6.07, 6.45) is 0. The van der Waals surface area contributed by atoms with Gasteiger partial charge in [-0.2, -0.15) is 0 Å². The fourth-order valence-electron chi connectivity index (χ4n) is 2.18. The van der Waals surface area contributed by atoms with E-state index in [4.69, 9.17) is 4.74 Å². The molecule has 1 N–H and O–H groups in total. The van der Waals surface area contributed by atoms with Gasteiger partial charge in [0.15, 0.2) is 0 Å². The summed E-state index contributed by atoms with van der Waals surface area (Å²) in [7, 11) is 0. The lowest BCUT2D eigenvalue weighted by molar-refractivity contribution is 0.275. The summed E-state index contributed by atoms with van der Waals surface area (Å²) in [5, 5.41) is 3.46. The molecule has 0 radical (unpaired) electrons. The van der Waals surface area contributed by atoms with Gasteiger partial charge in [-0.3, -0.25) is 0 Å². The summed E-state index contributed by atoms with van der Waals surface area (Å²) in [6.45, 7) is 3.94. The Labute approximate surface area is 108 Å². The molecule has 0 saturated carbocycles. The molecule has 1 aliphatic rings. The maximum absolute atomic E-state index is 5.79.